The predicted octanol–water partition coefficient (Wildman–Crippen LogP) is 2.43. The average Bonchev–Trinajstić information content (AvgIpc) is 2.95. The molecule has 1 unspecified atom stereocenters. The molecule has 1 heterocycles. The lowest BCUT2D eigenvalue weighted by atomic mass is 10.1. The summed E-state index contributed by atoms with van der Waals surface area (Å²) < 4.78 is 32.9. The summed E-state index contributed by atoms with van der Waals surface area (Å²) in [5.41, 5.74) is 2.07. The van der Waals surface area contributed by atoms with Gasteiger partial charge in [0, 0.05) is 0 Å². The highest BCUT2D eigenvalue weighted by atomic mass is 32.2. The summed E-state index contributed by atoms with van der Waals surface area (Å²) in [7, 11) is -3.69. The largest absolute Gasteiger partial charge is 0.468 e. The zero-order valence-electron chi connectivity index (χ0n) is 12.3. The van der Waals surface area contributed by atoms with Gasteiger partial charge < -0.3 is 9.52 Å². The zero-order valence-corrected chi connectivity index (χ0v) is 13.1. The third-order valence-electron chi connectivity index (χ3n) is 3.45. The quantitative estimate of drug-likeness (QED) is 0.889. The number of hydrogen-bond acceptors (Lipinski definition) is 4. The molecule has 5 nitrogen and oxygen atoms in total. The van der Waals surface area contributed by atoms with Crippen molar-refractivity contribution in [2.24, 2.45) is 0 Å². The molecule has 0 spiro atoms. The van der Waals surface area contributed by atoms with Gasteiger partial charge in [0.1, 0.15) is 5.76 Å². The van der Waals surface area contributed by atoms with Crippen LogP contribution in [0.2, 0.25) is 0 Å². The normalized spacial score (nSPS) is 13.3. The van der Waals surface area contributed by atoms with Crippen molar-refractivity contribution >= 4 is 10.0 Å². The van der Waals surface area contributed by atoms with E-state index in [2.05, 4.69) is 4.72 Å². The first-order chi connectivity index (χ1) is 9.85. The Kier molecular flexibility index (Phi) is 4.51. The molecule has 1 atom stereocenters. The van der Waals surface area contributed by atoms with Crippen LogP contribution in [0.5, 0.6) is 0 Å². The van der Waals surface area contributed by atoms with Gasteiger partial charge in [-0.15, -0.1) is 0 Å². The number of aryl methyl sites for hydroxylation is 1. The van der Waals surface area contributed by atoms with E-state index in [1.54, 1.807) is 32.0 Å². The van der Waals surface area contributed by atoms with Crippen molar-refractivity contribution in [1.82, 2.24) is 4.72 Å². The minimum atomic E-state index is -3.69. The Morgan fingerprint density at radius 3 is 2.62 bits per heavy atom. The first kappa shape index (κ1) is 15.8. The first-order valence-corrected chi connectivity index (χ1v) is 8.10. The molecule has 0 bridgehead atoms. The number of sulfonamides is 1. The fourth-order valence-corrected chi connectivity index (χ4v) is 3.74. The van der Waals surface area contributed by atoms with Crippen LogP contribution >= 0.6 is 0 Å². The summed E-state index contributed by atoms with van der Waals surface area (Å²) >= 11 is 0. The molecule has 114 valence electrons. The van der Waals surface area contributed by atoms with Crippen LogP contribution < -0.4 is 4.72 Å². The molecule has 0 fully saturated rings. The Morgan fingerprint density at radius 2 is 2.05 bits per heavy atom. The van der Waals surface area contributed by atoms with Crippen molar-refractivity contribution in [3.05, 3.63) is 53.0 Å². The van der Waals surface area contributed by atoms with E-state index in [0.29, 0.717) is 16.9 Å². The lowest BCUT2D eigenvalue weighted by Crippen LogP contribution is -2.27. The number of nitrogens with one attached hydrogen (secondary N) is 1. The molecule has 2 rings (SSSR count). The van der Waals surface area contributed by atoms with Crippen molar-refractivity contribution in [3.63, 3.8) is 0 Å². The van der Waals surface area contributed by atoms with Gasteiger partial charge in [0.2, 0.25) is 10.0 Å². The Hall–Kier alpha value is -1.63. The standard InChI is InChI=1S/C15H19NO4S/c1-10-7-13(9-17)8-15(11(10)2)21(18,19)16-12(3)14-5-4-6-20-14/h4-8,12,16-17H,9H2,1-3H3. The number of rotatable bonds is 5. The fourth-order valence-electron chi connectivity index (χ4n) is 2.16. The van der Waals surface area contributed by atoms with Crippen molar-refractivity contribution in [1.29, 1.82) is 0 Å². The lowest BCUT2D eigenvalue weighted by Gasteiger charge is -2.16. The minimum absolute atomic E-state index is 0.185. The Balaban J connectivity index is 2.38. The Bertz CT molecular complexity index is 720. The van der Waals surface area contributed by atoms with Gasteiger partial charge in [-0.3, -0.25) is 0 Å². The number of benzene rings is 1. The van der Waals surface area contributed by atoms with Crippen LogP contribution in [-0.4, -0.2) is 13.5 Å². The molecule has 6 heteroatoms. The summed E-state index contributed by atoms with van der Waals surface area (Å²) in [4.78, 5) is 0.185. The third kappa shape index (κ3) is 3.34. The van der Waals surface area contributed by atoms with Crippen LogP contribution in [0.1, 0.15) is 35.4 Å². The van der Waals surface area contributed by atoms with E-state index in [1.807, 2.05) is 6.92 Å². The molecule has 0 aliphatic carbocycles. The van der Waals surface area contributed by atoms with E-state index in [1.165, 1.54) is 12.3 Å². The molecule has 1 aromatic heterocycles. The smallest absolute Gasteiger partial charge is 0.241 e. The summed E-state index contributed by atoms with van der Waals surface area (Å²) in [6.07, 6.45) is 1.50. The molecule has 0 saturated heterocycles. The zero-order chi connectivity index (χ0) is 15.6. The molecule has 0 aliphatic heterocycles. The monoisotopic (exact) mass is 309 g/mol. The highest BCUT2D eigenvalue weighted by Crippen LogP contribution is 2.23. The average molecular weight is 309 g/mol. The SMILES string of the molecule is Cc1cc(CO)cc(S(=O)(=O)NC(C)c2ccco2)c1C. The van der Waals surface area contributed by atoms with E-state index < -0.39 is 16.1 Å². The maximum atomic E-state index is 12.5. The van der Waals surface area contributed by atoms with Crippen molar-refractivity contribution in [2.45, 2.75) is 38.3 Å². The Morgan fingerprint density at radius 1 is 1.33 bits per heavy atom. The predicted molar refractivity (Wildman–Crippen MR) is 79.3 cm³/mol. The Labute approximate surface area is 124 Å². The van der Waals surface area contributed by atoms with E-state index in [9.17, 15) is 13.5 Å². The van der Waals surface area contributed by atoms with Crippen LogP contribution in [0, 0.1) is 13.8 Å². The second-order valence-corrected chi connectivity index (χ2v) is 6.73. The van der Waals surface area contributed by atoms with Gasteiger partial charge in [0.25, 0.3) is 0 Å². The highest BCUT2D eigenvalue weighted by Gasteiger charge is 2.22. The van der Waals surface area contributed by atoms with Crippen LogP contribution in [0.15, 0.2) is 39.8 Å². The number of aliphatic hydroxyl groups is 1. The highest BCUT2D eigenvalue weighted by molar-refractivity contribution is 7.89. The maximum absolute atomic E-state index is 12.5. The van der Waals surface area contributed by atoms with Crippen LogP contribution in [-0.2, 0) is 16.6 Å². The van der Waals surface area contributed by atoms with E-state index >= 15 is 0 Å². The second-order valence-electron chi connectivity index (χ2n) is 5.05. The minimum Gasteiger partial charge on any atom is -0.468 e. The number of aliphatic hydroxyl groups excluding tert-OH is 1. The van der Waals surface area contributed by atoms with Gasteiger partial charge in [0.15, 0.2) is 0 Å². The molecular weight excluding hydrogens is 290 g/mol. The molecule has 0 radical (unpaired) electrons. The lowest BCUT2D eigenvalue weighted by molar-refractivity contribution is 0.281. The van der Waals surface area contributed by atoms with Crippen LogP contribution in [0.4, 0.5) is 0 Å². The van der Waals surface area contributed by atoms with Gasteiger partial charge in [-0.25, -0.2) is 13.1 Å². The van der Waals surface area contributed by atoms with Gasteiger partial charge in [0.05, 0.1) is 23.8 Å². The number of furan rings is 1. The van der Waals surface area contributed by atoms with Crippen molar-refractivity contribution in [3.8, 4) is 0 Å². The van der Waals surface area contributed by atoms with E-state index in [0.717, 1.165) is 5.56 Å². The molecular formula is C15H19NO4S. The summed E-state index contributed by atoms with van der Waals surface area (Å²) in [6, 6.07) is 6.24. The third-order valence-corrected chi connectivity index (χ3v) is 5.12. The first-order valence-electron chi connectivity index (χ1n) is 6.62. The summed E-state index contributed by atoms with van der Waals surface area (Å²) in [5, 5.41) is 9.24. The molecule has 21 heavy (non-hydrogen) atoms. The van der Waals surface area contributed by atoms with Gasteiger partial charge >= 0.3 is 0 Å². The summed E-state index contributed by atoms with van der Waals surface area (Å²) in [6.45, 7) is 5.10. The molecule has 0 saturated carbocycles. The molecule has 2 N–H and O–H groups in total. The molecule has 1 aromatic carbocycles. The van der Waals surface area contributed by atoms with Crippen LogP contribution in [0.3, 0.4) is 0 Å². The number of hydrogen-bond donors (Lipinski definition) is 2. The maximum Gasteiger partial charge on any atom is 0.241 e. The van der Waals surface area contributed by atoms with Crippen molar-refractivity contribution in [2.75, 3.05) is 0 Å². The van der Waals surface area contributed by atoms with Crippen molar-refractivity contribution < 1.29 is 17.9 Å². The van der Waals surface area contributed by atoms with Gasteiger partial charge in [-0.05, 0) is 55.7 Å². The fraction of sp³-hybridized carbons (Fsp3) is 0.333. The molecule has 2 aromatic rings. The van der Waals surface area contributed by atoms with E-state index in [-0.39, 0.29) is 11.5 Å². The van der Waals surface area contributed by atoms with Gasteiger partial charge in [-0.2, -0.15) is 0 Å². The second kappa shape index (κ2) is 6.01. The van der Waals surface area contributed by atoms with Gasteiger partial charge in [-0.1, -0.05) is 6.07 Å². The molecule has 0 amide bonds. The van der Waals surface area contributed by atoms with Crippen LogP contribution in [0.25, 0.3) is 0 Å². The molecule has 0 aliphatic rings. The van der Waals surface area contributed by atoms with E-state index in [4.69, 9.17) is 4.42 Å². The topological polar surface area (TPSA) is 79.5 Å². The summed E-state index contributed by atoms with van der Waals surface area (Å²) in [5.74, 6) is 0.547.